The maximum atomic E-state index is 11.9. The first-order chi connectivity index (χ1) is 15.9. The van der Waals surface area contributed by atoms with Crippen LogP contribution in [0.25, 0.3) is 0 Å². The summed E-state index contributed by atoms with van der Waals surface area (Å²) in [6.07, 6.45) is -3.64. The average molecular weight is 538 g/mol. The lowest BCUT2D eigenvalue weighted by Gasteiger charge is -2.43. The number of esters is 3. The second-order valence-electron chi connectivity index (χ2n) is 7.12. The molecule has 0 amide bonds. The van der Waals surface area contributed by atoms with Gasteiger partial charge in [0, 0.05) is 27.0 Å². The largest absolute Gasteiger partial charge is 0.463 e. The Balaban J connectivity index is 2.51. The van der Waals surface area contributed by atoms with E-state index in [1.165, 1.54) is 13.1 Å². The van der Waals surface area contributed by atoms with E-state index in [2.05, 4.69) is 4.99 Å². The highest BCUT2D eigenvalue weighted by molar-refractivity contribution is 6.76. The number of nitrogens with zero attached hydrogens (tertiary/aromatic N) is 1. The summed E-state index contributed by atoms with van der Waals surface area (Å²) in [6, 6.07) is 7.74. The first-order valence-corrected chi connectivity index (χ1v) is 11.1. The lowest BCUT2D eigenvalue weighted by molar-refractivity contribution is -0.256. The van der Waals surface area contributed by atoms with Crippen molar-refractivity contribution in [2.45, 2.75) is 55.2 Å². The van der Waals surface area contributed by atoms with Gasteiger partial charge in [-0.25, -0.2) is 0 Å². The Labute approximate surface area is 210 Å². The van der Waals surface area contributed by atoms with Gasteiger partial charge in [-0.15, -0.1) is 0 Å². The molecule has 1 saturated heterocycles. The minimum absolute atomic E-state index is 0.388. The van der Waals surface area contributed by atoms with Crippen molar-refractivity contribution < 1.29 is 38.1 Å². The van der Waals surface area contributed by atoms with Gasteiger partial charge >= 0.3 is 17.9 Å². The van der Waals surface area contributed by atoms with Crippen LogP contribution < -0.4 is 0 Å². The van der Waals surface area contributed by atoms with Crippen LogP contribution in [-0.2, 0) is 38.1 Å². The SMILES string of the molecule is CC(=O)OC[C@H]1O[C@H](OC(=N)C(Cl)(Cl)Cl)[C@H](N=Cc2ccccc2)[C@@H](OC(C)=O)[C@@H]1OC(C)=O. The third-order valence-corrected chi connectivity index (χ3v) is 4.87. The predicted molar refractivity (Wildman–Crippen MR) is 123 cm³/mol. The number of hydrogen-bond acceptors (Lipinski definition) is 10. The summed E-state index contributed by atoms with van der Waals surface area (Å²) in [4.78, 5) is 39.5. The van der Waals surface area contributed by atoms with Gasteiger partial charge in [-0.2, -0.15) is 0 Å². The molecule has 1 fully saturated rings. The topological polar surface area (TPSA) is 134 Å². The molecule has 186 valence electrons. The van der Waals surface area contributed by atoms with Crippen molar-refractivity contribution in [3.63, 3.8) is 0 Å². The molecule has 2 rings (SSSR count). The second kappa shape index (κ2) is 12.3. The molecular weight excluding hydrogens is 515 g/mol. The van der Waals surface area contributed by atoms with Crippen LogP contribution in [0.2, 0.25) is 0 Å². The zero-order valence-electron chi connectivity index (χ0n) is 18.4. The monoisotopic (exact) mass is 536 g/mol. The molecule has 10 nitrogen and oxygen atoms in total. The first-order valence-electron chi connectivity index (χ1n) is 9.92. The number of benzene rings is 1. The van der Waals surface area contributed by atoms with E-state index in [9.17, 15) is 14.4 Å². The quantitative estimate of drug-likeness (QED) is 0.184. The molecule has 1 aliphatic heterocycles. The molecule has 0 aromatic heterocycles. The van der Waals surface area contributed by atoms with Crippen LogP contribution in [-0.4, -0.2) is 71.1 Å². The molecule has 0 radical (unpaired) electrons. The van der Waals surface area contributed by atoms with E-state index in [0.29, 0.717) is 5.56 Å². The molecule has 5 atom stereocenters. The summed E-state index contributed by atoms with van der Waals surface area (Å²) in [5.41, 5.74) is 0.686. The molecule has 1 N–H and O–H groups in total. The molecule has 0 aliphatic carbocycles. The van der Waals surface area contributed by atoms with Gasteiger partial charge in [-0.3, -0.25) is 24.8 Å². The standard InChI is InChI=1S/C21H23Cl3N2O8/c1-11(27)30-10-15-17(31-12(2)28)18(32-13(3)29)16(26-9-14-7-5-4-6-8-14)19(33-15)34-20(25)21(22,23)24/h4-9,15-19,25H,10H2,1-3H3/t15-,16-,17-,18-,19-/m1/s1. The summed E-state index contributed by atoms with van der Waals surface area (Å²) in [5.74, 6) is -2.85. The lowest BCUT2D eigenvalue weighted by atomic mass is 9.96. The highest BCUT2D eigenvalue weighted by Crippen LogP contribution is 2.33. The van der Waals surface area contributed by atoms with Crippen molar-refractivity contribution in [2.24, 2.45) is 4.99 Å². The number of ether oxygens (including phenoxy) is 5. The zero-order chi connectivity index (χ0) is 25.5. The van der Waals surface area contributed by atoms with Crippen molar-refractivity contribution in [2.75, 3.05) is 6.61 Å². The summed E-state index contributed by atoms with van der Waals surface area (Å²) in [6.45, 7) is 3.09. The van der Waals surface area contributed by atoms with Crippen LogP contribution in [0.3, 0.4) is 0 Å². The number of halogens is 3. The van der Waals surface area contributed by atoms with E-state index in [-0.39, 0.29) is 6.61 Å². The Morgan fingerprint density at radius 2 is 1.59 bits per heavy atom. The Morgan fingerprint density at radius 3 is 2.12 bits per heavy atom. The van der Waals surface area contributed by atoms with Gasteiger partial charge in [0.15, 0.2) is 18.2 Å². The van der Waals surface area contributed by atoms with E-state index >= 15 is 0 Å². The summed E-state index contributed by atoms with van der Waals surface area (Å²) in [7, 11) is 0. The van der Waals surface area contributed by atoms with Crippen LogP contribution >= 0.6 is 34.8 Å². The number of hydrogen-bond donors (Lipinski definition) is 1. The fraction of sp³-hybridized carbons (Fsp3) is 0.476. The van der Waals surface area contributed by atoms with Gasteiger partial charge in [0.1, 0.15) is 12.7 Å². The number of nitrogens with one attached hydrogen (secondary N) is 1. The number of aliphatic imine (C=N–C) groups is 1. The van der Waals surface area contributed by atoms with Crippen molar-refractivity contribution >= 4 is 64.8 Å². The second-order valence-corrected chi connectivity index (χ2v) is 9.40. The highest BCUT2D eigenvalue weighted by atomic mass is 35.6. The maximum absolute atomic E-state index is 11.9. The van der Waals surface area contributed by atoms with E-state index in [4.69, 9.17) is 63.9 Å². The maximum Gasteiger partial charge on any atom is 0.303 e. The third kappa shape index (κ3) is 8.43. The Bertz CT molecular complexity index is 922. The minimum atomic E-state index is -2.23. The first kappa shape index (κ1) is 27.8. The molecule has 34 heavy (non-hydrogen) atoms. The zero-order valence-corrected chi connectivity index (χ0v) is 20.7. The van der Waals surface area contributed by atoms with Crippen LogP contribution in [0.15, 0.2) is 35.3 Å². The molecule has 1 aromatic carbocycles. The minimum Gasteiger partial charge on any atom is -0.463 e. The smallest absolute Gasteiger partial charge is 0.303 e. The molecule has 13 heteroatoms. The van der Waals surface area contributed by atoms with Gasteiger partial charge in [0.05, 0.1) is 0 Å². The number of carbonyl (C=O) groups excluding carboxylic acids is 3. The number of rotatable bonds is 7. The van der Waals surface area contributed by atoms with Gasteiger partial charge < -0.3 is 23.7 Å². The van der Waals surface area contributed by atoms with Crippen molar-refractivity contribution in [1.29, 1.82) is 5.41 Å². The fourth-order valence-electron chi connectivity index (χ4n) is 3.03. The molecule has 0 spiro atoms. The molecule has 0 unspecified atom stereocenters. The van der Waals surface area contributed by atoms with E-state index < -0.39 is 58.2 Å². The van der Waals surface area contributed by atoms with Gasteiger partial charge in [-0.1, -0.05) is 65.1 Å². The molecule has 0 saturated carbocycles. The Kier molecular flexibility index (Phi) is 10.1. The predicted octanol–water partition coefficient (Wildman–Crippen LogP) is 2.99. The van der Waals surface area contributed by atoms with Crippen LogP contribution in [0.1, 0.15) is 26.3 Å². The fourth-order valence-corrected chi connectivity index (χ4v) is 3.17. The van der Waals surface area contributed by atoms with Crippen LogP contribution in [0.4, 0.5) is 0 Å². The summed E-state index contributed by atoms with van der Waals surface area (Å²) >= 11 is 17.2. The third-order valence-electron chi connectivity index (χ3n) is 4.36. The van der Waals surface area contributed by atoms with E-state index in [1.807, 2.05) is 6.07 Å². The molecule has 0 bridgehead atoms. The average Bonchev–Trinajstić information content (AvgIpc) is 2.73. The number of alkyl halides is 3. The highest BCUT2D eigenvalue weighted by Gasteiger charge is 2.52. The van der Waals surface area contributed by atoms with Crippen LogP contribution in [0, 0.1) is 5.41 Å². The Morgan fingerprint density at radius 1 is 1.00 bits per heavy atom. The van der Waals surface area contributed by atoms with Gasteiger partial charge in [0.25, 0.3) is 3.79 Å². The summed E-state index contributed by atoms with van der Waals surface area (Å²) < 4.78 is 24.8. The summed E-state index contributed by atoms with van der Waals surface area (Å²) in [5, 5.41) is 7.94. The molecule has 1 aliphatic rings. The van der Waals surface area contributed by atoms with Gasteiger partial charge in [0.2, 0.25) is 12.2 Å². The van der Waals surface area contributed by atoms with Crippen molar-refractivity contribution in [1.82, 2.24) is 0 Å². The van der Waals surface area contributed by atoms with Crippen LogP contribution in [0.5, 0.6) is 0 Å². The normalized spacial score (nSPS) is 24.8. The molecule has 1 heterocycles. The van der Waals surface area contributed by atoms with Crippen molar-refractivity contribution in [3.05, 3.63) is 35.9 Å². The van der Waals surface area contributed by atoms with Crippen molar-refractivity contribution in [3.8, 4) is 0 Å². The molecular formula is C21H23Cl3N2O8. The van der Waals surface area contributed by atoms with Gasteiger partial charge in [-0.05, 0) is 5.56 Å². The molecule has 1 aromatic rings. The Hall–Kier alpha value is -2.40. The number of carbonyl (C=O) groups is 3. The van der Waals surface area contributed by atoms with E-state index in [0.717, 1.165) is 13.8 Å². The lowest BCUT2D eigenvalue weighted by Crippen LogP contribution is -2.61. The van der Waals surface area contributed by atoms with E-state index in [1.54, 1.807) is 24.3 Å².